The van der Waals surface area contributed by atoms with E-state index in [-0.39, 0.29) is 6.04 Å². The van der Waals surface area contributed by atoms with Crippen molar-refractivity contribution in [2.24, 2.45) is 0 Å². The Bertz CT molecular complexity index is 409. The van der Waals surface area contributed by atoms with Gasteiger partial charge in [-0.25, -0.2) is 0 Å². The molecule has 0 saturated carbocycles. The highest BCUT2D eigenvalue weighted by atomic mass is 16.5. The van der Waals surface area contributed by atoms with Crippen molar-refractivity contribution in [3.8, 4) is 11.8 Å². The number of nitrogens with zero attached hydrogens (tertiary/aromatic N) is 1. The van der Waals surface area contributed by atoms with E-state index in [0.29, 0.717) is 13.0 Å². The van der Waals surface area contributed by atoms with E-state index >= 15 is 0 Å². The van der Waals surface area contributed by atoms with Gasteiger partial charge in [0, 0.05) is 6.42 Å². The zero-order chi connectivity index (χ0) is 13.4. The van der Waals surface area contributed by atoms with Crippen LogP contribution in [0.4, 0.5) is 0 Å². The van der Waals surface area contributed by atoms with E-state index in [1.807, 2.05) is 19.1 Å². The molecule has 1 N–H and O–H groups in total. The Morgan fingerprint density at radius 2 is 2.17 bits per heavy atom. The molecule has 1 aromatic rings. The van der Waals surface area contributed by atoms with E-state index in [1.165, 1.54) is 5.56 Å². The Balaban J connectivity index is 2.38. The number of benzene rings is 1. The number of nitrogens with one attached hydrogen (secondary N) is 1. The van der Waals surface area contributed by atoms with Crippen LogP contribution in [0.5, 0.6) is 5.75 Å². The lowest BCUT2D eigenvalue weighted by Crippen LogP contribution is -2.29. The lowest BCUT2D eigenvalue weighted by Gasteiger charge is -2.13. The maximum absolute atomic E-state index is 8.97. The number of hydrogen-bond donors (Lipinski definition) is 1. The van der Waals surface area contributed by atoms with E-state index in [1.54, 1.807) is 0 Å². The van der Waals surface area contributed by atoms with Crippen LogP contribution in [0.25, 0.3) is 0 Å². The van der Waals surface area contributed by atoms with Crippen molar-refractivity contribution in [1.29, 1.82) is 5.26 Å². The van der Waals surface area contributed by atoms with Crippen molar-refractivity contribution in [2.75, 3.05) is 13.2 Å². The molecule has 1 aromatic carbocycles. The third kappa shape index (κ3) is 4.77. The molecule has 98 valence electrons. The molecule has 0 aliphatic heterocycles. The zero-order valence-electron chi connectivity index (χ0n) is 11.5. The predicted octanol–water partition coefficient (Wildman–Crippen LogP) is 2.96. The van der Waals surface area contributed by atoms with Crippen molar-refractivity contribution < 1.29 is 4.74 Å². The number of ether oxygens (including phenoxy) is 1. The van der Waals surface area contributed by atoms with Crippen LogP contribution in [-0.4, -0.2) is 19.2 Å². The second kappa shape index (κ2) is 7.73. The molecule has 0 fully saturated rings. The van der Waals surface area contributed by atoms with Gasteiger partial charge in [-0.15, -0.1) is 0 Å². The van der Waals surface area contributed by atoms with Gasteiger partial charge in [0.2, 0.25) is 0 Å². The first-order valence-electron chi connectivity index (χ1n) is 6.50. The highest BCUT2D eigenvalue weighted by Gasteiger charge is 2.06. The van der Waals surface area contributed by atoms with Gasteiger partial charge < -0.3 is 10.1 Å². The molecule has 1 rings (SSSR count). The number of nitriles is 1. The lowest BCUT2D eigenvalue weighted by atomic mass is 10.1. The van der Waals surface area contributed by atoms with E-state index in [9.17, 15) is 0 Å². The number of rotatable bonds is 7. The van der Waals surface area contributed by atoms with Gasteiger partial charge in [-0.05, 0) is 38.4 Å². The van der Waals surface area contributed by atoms with Crippen LogP contribution < -0.4 is 10.1 Å². The summed E-state index contributed by atoms with van der Waals surface area (Å²) in [6.45, 7) is 7.64. The van der Waals surface area contributed by atoms with Gasteiger partial charge in [-0.3, -0.25) is 0 Å². The molecule has 3 heteroatoms. The molecular weight excluding hydrogens is 224 g/mol. The first-order chi connectivity index (χ1) is 8.67. The smallest absolute Gasteiger partial charge is 0.122 e. The zero-order valence-corrected chi connectivity index (χ0v) is 11.5. The van der Waals surface area contributed by atoms with Crippen LogP contribution in [0, 0.1) is 25.2 Å². The number of hydrogen-bond acceptors (Lipinski definition) is 3. The number of aryl methyl sites for hydroxylation is 2. The second-order valence-corrected chi connectivity index (χ2v) is 4.54. The summed E-state index contributed by atoms with van der Waals surface area (Å²) < 4.78 is 5.71. The standard InChI is InChI=1S/C15H22N2O/c1-4-8-17-14(11-16)7-9-18-15-6-5-12(2)10-13(15)3/h5-6,10,14,17H,4,7-9H2,1-3H3. The molecule has 0 aliphatic carbocycles. The van der Waals surface area contributed by atoms with Gasteiger partial charge in [0.15, 0.2) is 0 Å². The molecule has 18 heavy (non-hydrogen) atoms. The highest BCUT2D eigenvalue weighted by molar-refractivity contribution is 5.35. The van der Waals surface area contributed by atoms with Gasteiger partial charge >= 0.3 is 0 Å². The van der Waals surface area contributed by atoms with E-state index in [2.05, 4.69) is 31.3 Å². The maximum atomic E-state index is 8.97. The van der Waals surface area contributed by atoms with Crippen molar-refractivity contribution in [3.63, 3.8) is 0 Å². The summed E-state index contributed by atoms with van der Waals surface area (Å²) in [4.78, 5) is 0. The van der Waals surface area contributed by atoms with E-state index in [4.69, 9.17) is 10.00 Å². The maximum Gasteiger partial charge on any atom is 0.122 e. The van der Waals surface area contributed by atoms with Crippen LogP contribution in [0.15, 0.2) is 18.2 Å². The van der Waals surface area contributed by atoms with Gasteiger partial charge in [0.1, 0.15) is 5.75 Å². The molecule has 1 atom stereocenters. The summed E-state index contributed by atoms with van der Waals surface area (Å²) in [6, 6.07) is 8.28. The SMILES string of the molecule is CCCNC(C#N)CCOc1ccc(C)cc1C. The van der Waals surface area contributed by atoms with Crippen LogP contribution in [0.1, 0.15) is 30.9 Å². The lowest BCUT2D eigenvalue weighted by molar-refractivity contribution is 0.296. The minimum Gasteiger partial charge on any atom is -0.493 e. The Hall–Kier alpha value is -1.53. The second-order valence-electron chi connectivity index (χ2n) is 4.54. The monoisotopic (exact) mass is 246 g/mol. The topological polar surface area (TPSA) is 45.0 Å². The Morgan fingerprint density at radius 1 is 1.39 bits per heavy atom. The molecule has 3 nitrogen and oxygen atoms in total. The molecular formula is C15H22N2O. The van der Waals surface area contributed by atoms with Crippen LogP contribution >= 0.6 is 0 Å². The average Bonchev–Trinajstić information content (AvgIpc) is 2.36. The van der Waals surface area contributed by atoms with Gasteiger partial charge in [0.05, 0.1) is 18.7 Å². The summed E-state index contributed by atoms with van der Waals surface area (Å²) in [5, 5.41) is 12.2. The molecule has 0 spiro atoms. The minimum atomic E-state index is -0.115. The molecule has 0 bridgehead atoms. The fourth-order valence-corrected chi connectivity index (χ4v) is 1.78. The quantitative estimate of drug-likeness (QED) is 0.804. The van der Waals surface area contributed by atoms with Gasteiger partial charge in [-0.1, -0.05) is 24.6 Å². The molecule has 1 unspecified atom stereocenters. The first kappa shape index (κ1) is 14.5. The van der Waals surface area contributed by atoms with Crippen LogP contribution in [0.3, 0.4) is 0 Å². The minimum absolute atomic E-state index is 0.115. The summed E-state index contributed by atoms with van der Waals surface area (Å²) in [7, 11) is 0. The third-order valence-corrected chi connectivity index (χ3v) is 2.79. The highest BCUT2D eigenvalue weighted by Crippen LogP contribution is 2.18. The Kier molecular flexibility index (Phi) is 6.24. The summed E-state index contributed by atoms with van der Waals surface area (Å²) >= 11 is 0. The van der Waals surface area contributed by atoms with Crippen LogP contribution in [-0.2, 0) is 0 Å². The van der Waals surface area contributed by atoms with Crippen molar-refractivity contribution in [2.45, 2.75) is 39.7 Å². The Labute approximate surface area is 110 Å². The molecule has 0 aromatic heterocycles. The Morgan fingerprint density at radius 3 is 2.78 bits per heavy atom. The van der Waals surface area contributed by atoms with Crippen LogP contribution in [0.2, 0.25) is 0 Å². The summed E-state index contributed by atoms with van der Waals surface area (Å²) in [5.74, 6) is 0.910. The van der Waals surface area contributed by atoms with Gasteiger partial charge in [0.25, 0.3) is 0 Å². The van der Waals surface area contributed by atoms with Crippen molar-refractivity contribution in [3.05, 3.63) is 29.3 Å². The predicted molar refractivity (Wildman–Crippen MR) is 73.7 cm³/mol. The van der Waals surface area contributed by atoms with E-state index in [0.717, 1.165) is 24.3 Å². The van der Waals surface area contributed by atoms with Crippen molar-refractivity contribution in [1.82, 2.24) is 5.32 Å². The average molecular weight is 246 g/mol. The summed E-state index contributed by atoms with van der Waals surface area (Å²) in [5.41, 5.74) is 2.38. The fraction of sp³-hybridized carbons (Fsp3) is 0.533. The van der Waals surface area contributed by atoms with Gasteiger partial charge in [-0.2, -0.15) is 5.26 Å². The molecule has 0 amide bonds. The molecule has 0 heterocycles. The fourth-order valence-electron chi connectivity index (χ4n) is 1.78. The molecule has 0 saturated heterocycles. The third-order valence-electron chi connectivity index (χ3n) is 2.79. The molecule has 0 radical (unpaired) electrons. The summed E-state index contributed by atoms with van der Waals surface area (Å²) in [6.07, 6.45) is 1.75. The van der Waals surface area contributed by atoms with Crippen molar-refractivity contribution >= 4 is 0 Å². The van der Waals surface area contributed by atoms with E-state index < -0.39 is 0 Å². The normalized spacial score (nSPS) is 11.9. The largest absolute Gasteiger partial charge is 0.493 e. The first-order valence-corrected chi connectivity index (χ1v) is 6.50. The molecule has 0 aliphatic rings.